The van der Waals surface area contributed by atoms with Crippen molar-refractivity contribution in [1.82, 2.24) is 4.98 Å². The van der Waals surface area contributed by atoms with Crippen molar-refractivity contribution >= 4 is 48.3 Å². The van der Waals surface area contributed by atoms with Crippen molar-refractivity contribution in [2.45, 2.75) is 24.7 Å². The minimum Gasteiger partial charge on any atom is -0.493 e. The number of aromatic nitrogens is 1. The van der Waals surface area contributed by atoms with Gasteiger partial charge in [0.05, 0.1) is 35.0 Å². The van der Waals surface area contributed by atoms with Crippen molar-refractivity contribution in [1.29, 1.82) is 0 Å². The number of hydrogen-bond acceptors (Lipinski definition) is 7. The molecule has 3 rings (SSSR count). The molecule has 0 aliphatic heterocycles. The van der Waals surface area contributed by atoms with Gasteiger partial charge in [0.1, 0.15) is 0 Å². The minimum atomic E-state index is -3.84. The second-order valence-corrected chi connectivity index (χ2v) is 8.84. The number of methoxy groups -OCH3 is 2. The van der Waals surface area contributed by atoms with Crippen molar-refractivity contribution in [3.05, 3.63) is 36.4 Å². The van der Waals surface area contributed by atoms with Gasteiger partial charge >= 0.3 is 0 Å². The summed E-state index contributed by atoms with van der Waals surface area (Å²) in [5, 5.41) is 3.24. The van der Waals surface area contributed by atoms with Crippen LogP contribution < -0.4 is 19.5 Å². The Morgan fingerprint density at radius 3 is 2.55 bits per heavy atom. The zero-order valence-corrected chi connectivity index (χ0v) is 17.8. The van der Waals surface area contributed by atoms with Crippen LogP contribution in [-0.4, -0.2) is 33.5 Å². The summed E-state index contributed by atoms with van der Waals surface area (Å²) >= 11 is 1.33. The standard InChI is InChI=1S/C19H21N3O5S2/c1-4-5-18(23)21-19-20-14-10-12(6-9-17(14)28-19)22-29(24,25)13-7-8-15(26-2)16(11-13)27-3/h6-11,22H,4-5H2,1-3H3,(H,20,21,23). The van der Waals surface area contributed by atoms with Gasteiger partial charge in [0.15, 0.2) is 16.6 Å². The smallest absolute Gasteiger partial charge is 0.262 e. The fraction of sp³-hybridized carbons (Fsp3) is 0.263. The van der Waals surface area contributed by atoms with Crippen LogP contribution in [0.1, 0.15) is 19.8 Å². The second-order valence-electron chi connectivity index (χ2n) is 6.12. The second kappa shape index (κ2) is 8.66. The summed E-state index contributed by atoms with van der Waals surface area (Å²) in [6.07, 6.45) is 1.17. The molecule has 0 fully saturated rings. The summed E-state index contributed by atoms with van der Waals surface area (Å²) < 4.78 is 39.2. The molecule has 0 aliphatic carbocycles. The molecule has 1 aromatic heterocycles. The summed E-state index contributed by atoms with van der Waals surface area (Å²) in [6, 6.07) is 9.39. The number of thiazole rings is 1. The average molecular weight is 436 g/mol. The van der Waals surface area contributed by atoms with E-state index in [1.54, 1.807) is 18.2 Å². The quantitative estimate of drug-likeness (QED) is 0.557. The molecule has 0 spiro atoms. The molecule has 3 aromatic rings. The highest BCUT2D eigenvalue weighted by atomic mass is 32.2. The number of fused-ring (bicyclic) bond motifs is 1. The number of amides is 1. The molecular weight excluding hydrogens is 414 g/mol. The summed E-state index contributed by atoms with van der Waals surface area (Å²) in [7, 11) is -0.921. The van der Waals surface area contributed by atoms with Gasteiger partial charge in [-0.1, -0.05) is 18.3 Å². The zero-order valence-electron chi connectivity index (χ0n) is 16.2. The van der Waals surface area contributed by atoms with Crippen molar-refractivity contribution in [2.75, 3.05) is 24.3 Å². The number of sulfonamides is 1. The van der Waals surface area contributed by atoms with Crippen molar-refractivity contribution in [3.63, 3.8) is 0 Å². The zero-order chi connectivity index (χ0) is 21.0. The highest BCUT2D eigenvalue weighted by Crippen LogP contribution is 2.32. The van der Waals surface area contributed by atoms with Crippen LogP contribution in [-0.2, 0) is 14.8 Å². The predicted molar refractivity (Wildman–Crippen MR) is 114 cm³/mol. The molecule has 2 aromatic carbocycles. The SMILES string of the molecule is CCCC(=O)Nc1nc2cc(NS(=O)(=O)c3ccc(OC)c(OC)c3)ccc2s1. The first-order valence-electron chi connectivity index (χ1n) is 8.81. The van der Waals surface area contributed by atoms with Gasteiger partial charge in [-0.2, -0.15) is 0 Å². The predicted octanol–water partition coefficient (Wildman–Crippen LogP) is 3.85. The Labute approximate surface area is 172 Å². The molecule has 0 saturated carbocycles. The van der Waals surface area contributed by atoms with Crippen LogP contribution in [0.2, 0.25) is 0 Å². The summed E-state index contributed by atoms with van der Waals surface area (Å²) in [5.74, 6) is 0.659. The monoisotopic (exact) mass is 435 g/mol. The van der Waals surface area contributed by atoms with E-state index in [0.717, 1.165) is 11.1 Å². The third-order valence-electron chi connectivity index (χ3n) is 4.03. The Bertz CT molecular complexity index is 1140. The van der Waals surface area contributed by atoms with E-state index in [9.17, 15) is 13.2 Å². The molecule has 0 aliphatic rings. The van der Waals surface area contributed by atoms with Crippen LogP contribution in [0.25, 0.3) is 10.2 Å². The van der Waals surface area contributed by atoms with E-state index in [-0.39, 0.29) is 10.8 Å². The molecule has 0 atom stereocenters. The van der Waals surface area contributed by atoms with Crippen LogP contribution in [0.15, 0.2) is 41.3 Å². The van der Waals surface area contributed by atoms with E-state index in [2.05, 4.69) is 15.0 Å². The number of rotatable bonds is 8. The van der Waals surface area contributed by atoms with E-state index in [0.29, 0.717) is 34.3 Å². The molecule has 0 saturated heterocycles. The molecule has 29 heavy (non-hydrogen) atoms. The number of nitrogens with one attached hydrogen (secondary N) is 2. The molecule has 1 heterocycles. The number of benzene rings is 2. The lowest BCUT2D eigenvalue weighted by atomic mass is 10.3. The number of anilines is 2. The number of ether oxygens (including phenoxy) is 2. The summed E-state index contributed by atoms with van der Waals surface area (Å²) in [5.41, 5.74) is 0.957. The minimum absolute atomic E-state index is 0.0426. The number of hydrogen-bond donors (Lipinski definition) is 2. The maximum Gasteiger partial charge on any atom is 0.262 e. The van der Waals surface area contributed by atoms with Gasteiger partial charge in [0.25, 0.3) is 10.0 Å². The van der Waals surface area contributed by atoms with E-state index in [4.69, 9.17) is 9.47 Å². The van der Waals surface area contributed by atoms with Crippen LogP contribution in [0, 0.1) is 0 Å². The molecular formula is C19H21N3O5S2. The molecule has 2 N–H and O–H groups in total. The normalized spacial score (nSPS) is 11.3. The van der Waals surface area contributed by atoms with Crippen LogP contribution >= 0.6 is 11.3 Å². The molecule has 0 bridgehead atoms. The summed E-state index contributed by atoms with van der Waals surface area (Å²) in [4.78, 5) is 16.1. The Balaban J connectivity index is 1.84. The molecule has 0 unspecified atom stereocenters. The molecule has 8 nitrogen and oxygen atoms in total. The number of nitrogens with zero attached hydrogens (tertiary/aromatic N) is 1. The van der Waals surface area contributed by atoms with Gasteiger partial charge in [0.2, 0.25) is 5.91 Å². The van der Waals surface area contributed by atoms with Crippen LogP contribution in [0.5, 0.6) is 11.5 Å². The lowest BCUT2D eigenvalue weighted by molar-refractivity contribution is -0.116. The Hall–Kier alpha value is -2.85. The fourth-order valence-electron chi connectivity index (χ4n) is 2.65. The largest absolute Gasteiger partial charge is 0.493 e. The third kappa shape index (κ3) is 4.77. The van der Waals surface area contributed by atoms with Gasteiger partial charge in [0, 0.05) is 12.5 Å². The number of carbonyl (C=O) groups excluding carboxylic acids is 1. The van der Waals surface area contributed by atoms with Gasteiger partial charge in [-0.3, -0.25) is 9.52 Å². The molecule has 154 valence electrons. The molecule has 10 heteroatoms. The Morgan fingerprint density at radius 1 is 1.10 bits per heavy atom. The van der Waals surface area contributed by atoms with Gasteiger partial charge < -0.3 is 14.8 Å². The van der Waals surface area contributed by atoms with Gasteiger partial charge in [-0.25, -0.2) is 13.4 Å². The first kappa shape index (κ1) is 20.9. The van der Waals surface area contributed by atoms with E-state index in [1.165, 1.54) is 43.8 Å². The topological polar surface area (TPSA) is 107 Å². The van der Waals surface area contributed by atoms with E-state index >= 15 is 0 Å². The Morgan fingerprint density at radius 2 is 1.86 bits per heavy atom. The highest BCUT2D eigenvalue weighted by Gasteiger charge is 2.18. The number of carbonyl (C=O) groups is 1. The fourth-order valence-corrected chi connectivity index (χ4v) is 4.58. The molecule has 1 amide bonds. The highest BCUT2D eigenvalue weighted by molar-refractivity contribution is 7.92. The van der Waals surface area contributed by atoms with Crippen molar-refractivity contribution in [2.24, 2.45) is 0 Å². The maximum atomic E-state index is 12.7. The van der Waals surface area contributed by atoms with Gasteiger partial charge in [-0.05, 0) is 36.8 Å². The lowest BCUT2D eigenvalue weighted by Crippen LogP contribution is -2.13. The van der Waals surface area contributed by atoms with E-state index in [1.807, 2.05) is 6.92 Å². The first-order chi connectivity index (χ1) is 13.9. The third-order valence-corrected chi connectivity index (χ3v) is 6.36. The van der Waals surface area contributed by atoms with Gasteiger partial charge in [-0.15, -0.1) is 0 Å². The maximum absolute atomic E-state index is 12.7. The van der Waals surface area contributed by atoms with Crippen LogP contribution in [0.4, 0.5) is 10.8 Å². The Kier molecular flexibility index (Phi) is 6.23. The average Bonchev–Trinajstić information content (AvgIpc) is 3.08. The summed E-state index contributed by atoms with van der Waals surface area (Å²) in [6.45, 7) is 1.93. The lowest BCUT2D eigenvalue weighted by Gasteiger charge is -2.11. The van der Waals surface area contributed by atoms with Crippen molar-refractivity contribution in [3.8, 4) is 11.5 Å². The van der Waals surface area contributed by atoms with E-state index < -0.39 is 10.0 Å². The van der Waals surface area contributed by atoms with Crippen molar-refractivity contribution < 1.29 is 22.7 Å². The van der Waals surface area contributed by atoms with Crippen LogP contribution in [0.3, 0.4) is 0 Å². The first-order valence-corrected chi connectivity index (χ1v) is 11.1. The molecule has 0 radical (unpaired) electrons.